The number of aliphatic hydroxyl groups excluding tert-OH is 2. The van der Waals surface area contributed by atoms with Crippen molar-refractivity contribution in [1.82, 2.24) is 4.31 Å². The summed E-state index contributed by atoms with van der Waals surface area (Å²) in [6.07, 6.45) is 0. The van der Waals surface area contributed by atoms with Gasteiger partial charge in [0.05, 0.1) is 18.1 Å². The van der Waals surface area contributed by atoms with E-state index < -0.39 is 10.0 Å². The third-order valence-corrected chi connectivity index (χ3v) is 4.97. The van der Waals surface area contributed by atoms with Crippen molar-refractivity contribution in [2.75, 3.05) is 26.3 Å². The molecule has 0 amide bonds. The Kier molecular flexibility index (Phi) is 5.70. The van der Waals surface area contributed by atoms with Crippen LogP contribution in [0.5, 0.6) is 0 Å². The minimum atomic E-state index is -3.67. The van der Waals surface area contributed by atoms with Crippen LogP contribution in [0.2, 0.25) is 0 Å². The van der Waals surface area contributed by atoms with Gasteiger partial charge in [0, 0.05) is 13.1 Å². The first kappa shape index (κ1) is 17.1. The number of hydrogen-bond donors (Lipinski definition) is 2. The summed E-state index contributed by atoms with van der Waals surface area (Å²) in [4.78, 5) is 0.174. The molecule has 114 valence electrons. The van der Waals surface area contributed by atoms with Crippen LogP contribution in [-0.2, 0) is 15.4 Å². The number of rotatable bonds is 6. The van der Waals surface area contributed by atoms with E-state index in [4.69, 9.17) is 10.2 Å². The van der Waals surface area contributed by atoms with Crippen LogP contribution in [0.3, 0.4) is 0 Å². The van der Waals surface area contributed by atoms with E-state index in [-0.39, 0.29) is 36.6 Å². The van der Waals surface area contributed by atoms with E-state index in [0.717, 1.165) is 9.87 Å². The Morgan fingerprint density at radius 3 is 1.80 bits per heavy atom. The maximum atomic E-state index is 12.4. The van der Waals surface area contributed by atoms with Crippen LogP contribution in [0, 0.1) is 0 Å². The maximum Gasteiger partial charge on any atom is 0.243 e. The molecule has 0 saturated carbocycles. The molecule has 20 heavy (non-hydrogen) atoms. The maximum absolute atomic E-state index is 12.4. The second kappa shape index (κ2) is 6.67. The van der Waals surface area contributed by atoms with E-state index in [1.807, 2.05) is 0 Å². The van der Waals surface area contributed by atoms with Gasteiger partial charge in [-0.3, -0.25) is 0 Å². The summed E-state index contributed by atoms with van der Waals surface area (Å²) in [5.74, 6) is 0. The van der Waals surface area contributed by atoms with Crippen molar-refractivity contribution in [2.24, 2.45) is 0 Å². The standard InChI is InChI=1S/C14H23NO4S/c1-14(2,3)12-4-6-13(7-5-12)20(18,19)15(8-10-16)9-11-17/h4-7,16-17H,8-11H2,1-3H3. The fourth-order valence-corrected chi connectivity index (χ4v) is 3.27. The highest BCUT2D eigenvalue weighted by Crippen LogP contribution is 2.24. The summed E-state index contributed by atoms with van der Waals surface area (Å²) < 4.78 is 25.8. The number of hydrogen-bond acceptors (Lipinski definition) is 4. The molecule has 2 N–H and O–H groups in total. The molecule has 5 nitrogen and oxygen atoms in total. The Labute approximate surface area is 120 Å². The SMILES string of the molecule is CC(C)(C)c1ccc(S(=O)(=O)N(CCO)CCO)cc1. The van der Waals surface area contributed by atoms with Crippen LogP contribution in [-0.4, -0.2) is 49.2 Å². The van der Waals surface area contributed by atoms with Gasteiger partial charge in [0.2, 0.25) is 10.0 Å². The largest absolute Gasteiger partial charge is 0.395 e. The Morgan fingerprint density at radius 1 is 1.00 bits per heavy atom. The summed E-state index contributed by atoms with van der Waals surface area (Å²) in [7, 11) is -3.67. The van der Waals surface area contributed by atoms with E-state index in [1.54, 1.807) is 24.3 Å². The van der Waals surface area contributed by atoms with E-state index >= 15 is 0 Å². The van der Waals surface area contributed by atoms with Crippen molar-refractivity contribution in [3.05, 3.63) is 29.8 Å². The van der Waals surface area contributed by atoms with Crippen LogP contribution in [0.25, 0.3) is 0 Å². The van der Waals surface area contributed by atoms with E-state index in [2.05, 4.69) is 20.8 Å². The van der Waals surface area contributed by atoms with Crippen LogP contribution < -0.4 is 0 Å². The third-order valence-electron chi connectivity index (χ3n) is 3.06. The summed E-state index contributed by atoms with van der Waals surface area (Å²) in [6, 6.07) is 6.72. The minimum absolute atomic E-state index is 0.0239. The first-order valence-electron chi connectivity index (χ1n) is 6.56. The van der Waals surface area contributed by atoms with Crippen molar-refractivity contribution < 1.29 is 18.6 Å². The third kappa shape index (κ3) is 4.02. The smallest absolute Gasteiger partial charge is 0.243 e. The zero-order chi connectivity index (χ0) is 15.4. The molecule has 1 rings (SSSR count). The van der Waals surface area contributed by atoms with Gasteiger partial charge in [-0.1, -0.05) is 32.9 Å². The fourth-order valence-electron chi connectivity index (χ4n) is 1.85. The van der Waals surface area contributed by atoms with Gasteiger partial charge in [0.1, 0.15) is 0 Å². The van der Waals surface area contributed by atoms with Crippen molar-refractivity contribution in [3.8, 4) is 0 Å². The zero-order valence-corrected chi connectivity index (χ0v) is 13.0. The second-order valence-corrected chi connectivity index (χ2v) is 7.56. The van der Waals surface area contributed by atoms with Gasteiger partial charge in [-0.05, 0) is 23.1 Å². The molecule has 0 heterocycles. The molecule has 1 aromatic rings. The molecule has 0 bridgehead atoms. The number of benzene rings is 1. The highest BCUT2D eigenvalue weighted by Gasteiger charge is 2.24. The molecule has 6 heteroatoms. The lowest BCUT2D eigenvalue weighted by molar-refractivity contribution is 0.217. The predicted molar refractivity (Wildman–Crippen MR) is 78.1 cm³/mol. The number of sulfonamides is 1. The lowest BCUT2D eigenvalue weighted by Crippen LogP contribution is -2.35. The fraction of sp³-hybridized carbons (Fsp3) is 0.571. The first-order chi connectivity index (χ1) is 9.23. The van der Waals surface area contributed by atoms with Crippen molar-refractivity contribution in [1.29, 1.82) is 0 Å². The normalized spacial score (nSPS) is 12.9. The van der Waals surface area contributed by atoms with Gasteiger partial charge in [-0.2, -0.15) is 4.31 Å². The molecule has 1 aromatic carbocycles. The highest BCUT2D eigenvalue weighted by molar-refractivity contribution is 7.89. The lowest BCUT2D eigenvalue weighted by atomic mass is 9.87. The Balaban J connectivity index is 3.08. The Bertz CT molecular complexity index is 511. The summed E-state index contributed by atoms with van der Waals surface area (Å²) >= 11 is 0. The van der Waals surface area contributed by atoms with Gasteiger partial charge in [-0.25, -0.2) is 8.42 Å². The average Bonchev–Trinajstić information content (AvgIpc) is 2.37. The lowest BCUT2D eigenvalue weighted by Gasteiger charge is -2.22. The Morgan fingerprint density at radius 2 is 1.45 bits per heavy atom. The topological polar surface area (TPSA) is 77.8 Å². The van der Waals surface area contributed by atoms with Gasteiger partial charge in [-0.15, -0.1) is 0 Å². The molecule has 0 aromatic heterocycles. The van der Waals surface area contributed by atoms with Crippen LogP contribution >= 0.6 is 0 Å². The molecule has 0 aliphatic heterocycles. The molecule has 0 saturated heterocycles. The summed E-state index contributed by atoms with van der Waals surface area (Å²) in [5.41, 5.74) is 1.00. The Hall–Kier alpha value is -0.950. The molecule has 0 aliphatic carbocycles. The van der Waals surface area contributed by atoms with Gasteiger partial charge < -0.3 is 10.2 Å². The monoisotopic (exact) mass is 301 g/mol. The van der Waals surface area contributed by atoms with Crippen molar-refractivity contribution in [2.45, 2.75) is 31.1 Å². The zero-order valence-electron chi connectivity index (χ0n) is 12.2. The van der Waals surface area contributed by atoms with Gasteiger partial charge in [0.25, 0.3) is 0 Å². The van der Waals surface area contributed by atoms with Crippen molar-refractivity contribution in [3.63, 3.8) is 0 Å². The van der Waals surface area contributed by atoms with Gasteiger partial charge in [0.15, 0.2) is 0 Å². The van der Waals surface area contributed by atoms with Gasteiger partial charge >= 0.3 is 0 Å². The molecular formula is C14H23NO4S. The second-order valence-electron chi connectivity index (χ2n) is 5.63. The molecular weight excluding hydrogens is 278 g/mol. The van der Waals surface area contributed by atoms with E-state index in [9.17, 15) is 8.42 Å². The van der Waals surface area contributed by atoms with E-state index in [1.165, 1.54) is 0 Å². The van der Waals surface area contributed by atoms with E-state index in [0.29, 0.717) is 0 Å². The molecule has 0 spiro atoms. The van der Waals surface area contributed by atoms with Crippen LogP contribution in [0.4, 0.5) is 0 Å². The summed E-state index contributed by atoms with van der Waals surface area (Å²) in [6.45, 7) is 5.56. The molecule has 0 aliphatic rings. The highest BCUT2D eigenvalue weighted by atomic mass is 32.2. The number of nitrogens with zero attached hydrogens (tertiary/aromatic N) is 1. The first-order valence-corrected chi connectivity index (χ1v) is 8.00. The van der Waals surface area contributed by atoms with Crippen molar-refractivity contribution >= 4 is 10.0 Å². The molecule has 0 fully saturated rings. The predicted octanol–water partition coefficient (Wildman–Crippen LogP) is 0.959. The molecule has 0 atom stereocenters. The number of aliphatic hydroxyl groups is 2. The minimum Gasteiger partial charge on any atom is -0.395 e. The average molecular weight is 301 g/mol. The summed E-state index contributed by atoms with van der Waals surface area (Å²) in [5, 5.41) is 17.9. The molecule has 0 radical (unpaired) electrons. The molecule has 0 unspecified atom stereocenters. The van der Waals surface area contributed by atoms with Crippen LogP contribution in [0.15, 0.2) is 29.2 Å². The van der Waals surface area contributed by atoms with Crippen LogP contribution in [0.1, 0.15) is 26.3 Å². The quantitative estimate of drug-likeness (QED) is 0.820.